The van der Waals surface area contributed by atoms with E-state index in [9.17, 15) is 0 Å². The second-order valence-corrected chi connectivity index (χ2v) is 4.27. The molecule has 5 heteroatoms. The lowest BCUT2D eigenvalue weighted by Crippen LogP contribution is -2.37. The standard InChI is InChI=1S/C12H20ClN3O/c1-5-16(9(2)8-17-4)12-14-7-11(6-13)10(3)15-12/h7,9H,5-6,8H2,1-4H3. The van der Waals surface area contributed by atoms with E-state index in [1.54, 1.807) is 13.3 Å². The summed E-state index contributed by atoms with van der Waals surface area (Å²) in [6.45, 7) is 7.65. The first-order valence-electron chi connectivity index (χ1n) is 5.78. The number of rotatable bonds is 6. The van der Waals surface area contributed by atoms with Crippen molar-refractivity contribution in [1.29, 1.82) is 0 Å². The summed E-state index contributed by atoms with van der Waals surface area (Å²) in [5.74, 6) is 1.19. The summed E-state index contributed by atoms with van der Waals surface area (Å²) in [4.78, 5) is 11.0. The Labute approximate surface area is 108 Å². The number of aromatic nitrogens is 2. The third-order valence-corrected chi connectivity index (χ3v) is 3.04. The number of aryl methyl sites for hydroxylation is 1. The third kappa shape index (κ3) is 3.54. The summed E-state index contributed by atoms with van der Waals surface area (Å²) in [5.41, 5.74) is 1.92. The maximum absolute atomic E-state index is 5.80. The Hall–Kier alpha value is -0.870. The minimum atomic E-state index is 0.256. The molecule has 96 valence electrons. The Morgan fingerprint density at radius 3 is 2.71 bits per heavy atom. The minimum Gasteiger partial charge on any atom is -0.383 e. The zero-order valence-electron chi connectivity index (χ0n) is 10.9. The fourth-order valence-corrected chi connectivity index (χ4v) is 1.99. The van der Waals surface area contributed by atoms with Crippen molar-refractivity contribution in [3.63, 3.8) is 0 Å². The van der Waals surface area contributed by atoms with Crippen molar-refractivity contribution in [3.8, 4) is 0 Å². The summed E-state index contributed by atoms with van der Waals surface area (Å²) in [5, 5.41) is 0. The molecule has 4 nitrogen and oxygen atoms in total. The number of hydrogen-bond donors (Lipinski definition) is 0. The maximum atomic E-state index is 5.80. The Bertz CT molecular complexity index is 360. The molecular weight excluding hydrogens is 238 g/mol. The highest BCUT2D eigenvalue weighted by atomic mass is 35.5. The molecule has 0 fully saturated rings. The van der Waals surface area contributed by atoms with Crippen LogP contribution in [0.2, 0.25) is 0 Å². The molecule has 1 heterocycles. The summed E-state index contributed by atoms with van der Waals surface area (Å²) >= 11 is 5.80. The van der Waals surface area contributed by atoms with E-state index in [1.165, 1.54) is 0 Å². The van der Waals surface area contributed by atoms with Crippen LogP contribution in [0.3, 0.4) is 0 Å². The van der Waals surface area contributed by atoms with Gasteiger partial charge in [-0.15, -0.1) is 11.6 Å². The highest BCUT2D eigenvalue weighted by Gasteiger charge is 2.15. The lowest BCUT2D eigenvalue weighted by Gasteiger charge is -2.27. The highest BCUT2D eigenvalue weighted by molar-refractivity contribution is 6.17. The van der Waals surface area contributed by atoms with Crippen molar-refractivity contribution >= 4 is 17.5 Å². The molecule has 0 amide bonds. The Morgan fingerprint density at radius 1 is 1.53 bits per heavy atom. The van der Waals surface area contributed by atoms with E-state index in [4.69, 9.17) is 16.3 Å². The van der Waals surface area contributed by atoms with Gasteiger partial charge in [-0.2, -0.15) is 0 Å². The monoisotopic (exact) mass is 257 g/mol. The maximum Gasteiger partial charge on any atom is 0.225 e. The van der Waals surface area contributed by atoms with Gasteiger partial charge in [0.2, 0.25) is 5.95 Å². The molecule has 0 aliphatic carbocycles. The van der Waals surface area contributed by atoms with E-state index >= 15 is 0 Å². The molecule has 0 aliphatic rings. The molecule has 0 saturated heterocycles. The first kappa shape index (κ1) is 14.2. The molecule has 0 spiro atoms. The fourth-order valence-electron chi connectivity index (χ4n) is 1.73. The van der Waals surface area contributed by atoms with Crippen LogP contribution in [0.1, 0.15) is 25.1 Å². The van der Waals surface area contributed by atoms with E-state index in [0.29, 0.717) is 12.5 Å². The number of likely N-dealkylation sites (N-methyl/N-ethyl adjacent to an activating group) is 1. The van der Waals surface area contributed by atoms with Crippen LogP contribution in [0, 0.1) is 6.92 Å². The second-order valence-electron chi connectivity index (χ2n) is 4.00. The van der Waals surface area contributed by atoms with Crippen molar-refractivity contribution < 1.29 is 4.74 Å². The SMILES string of the molecule is CCN(c1ncc(CCl)c(C)n1)C(C)COC. The normalized spacial score (nSPS) is 12.5. The molecule has 1 aromatic rings. The summed E-state index contributed by atoms with van der Waals surface area (Å²) in [7, 11) is 1.70. The van der Waals surface area contributed by atoms with Crippen LogP contribution in [0.4, 0.5) is 5.95 Å². The van der Waals surface area contributed by atoms with Gasteiger partial charge < -0.3 is 9.64 Å². The average molecular weight is 258 g/mol. The van der Waals surface area contributed by atoms with Crippen LogP contribution >= 0.6 is 11.6 Å². The minimum absolute atomic E-state index is 0.256. The van der Waals surface area contributed by atoms with Gasteiger partial charge >= 0.3 is 0 Å². The molecule has 0 radical (unpaired) electrons. The molecule has 1 aromatic heterocycles. The first-order valence-corrected chi connectivity index (χ1v) is 6.31. The zero-order valence-corrected chi connectivity index (χ0v) is 11.7. The molecule has 0 aromatic carbocycles. The molecule has 17 heavy (non-hydrogen) atoms. The molecule has 1 atom stereocenters. The van der Waals surface area contributed by atoms with E-state index in [0.717, 1.165) is 23.8 Å². The van der Waals surface area contributed by atoms with Crippen molar-refractivity contribution in [3.05, 3.63) is 17.5 Å². The van der Waals surface area contributed by atoms with E-state index < -0.39 is 0 Å². The van der Waals surface area contributed by atoms with Gasteiger partial charge in [0, 0.05) is 31.1 Å². The lowest BCUT2D eigenvalue weighted by atomic mass is 10.2. The van der Waals surface area contributed by atoms with Crippen molar-refractivity contribution in [1.82, 2.24) is 9.97 Å². The van der Waals surface area contributed by atoms with E-state index in [1.807, 2.05) is 6.92 Å². The molecule has 0 aliphatic heterocycles. The molecule has 1 unspecified atom stereocenters. The van der Waals surface area contributed by atoms with Crippen LogP contribution in [0.5, 0.6) is 0 Å². The number of hydrogen-bond acceptors (Lipinski definition) is 4. The average Bonchev–Trinajstić information content (AvgIpc) is 2.30. The van der Waals surface area contributed by atoms with Gasteiger partial charge in [0.1, 0.15) is 0 Å². The summed E-state index contributed by atoms with van der Waals surface area (Å²) in [6.07, 6.45) is 1.80. The van der Waals surface area contributed by atoms with Gasteiger partial charge in [-0.1, -0.05) is 0 Å². The van der Waals surface area contributed by atoms with Gasteiger partial charge in [-0.25, -0.2) is 9.97 Å². The largest absolute Gasteiger partial charge is 0.383 e. The van der Waals surface area contributed by atoms with E-state index in [2.05, 4.69) is 28.7 Å². The number of nitrogens with zero attached hydrogens (tertiary/aromatic N) is 3. The Kier molecular flexibility index (Phi) is 5.65. The number of ether oxygens (including phenoxy) is 1. The molecule has 0 bridgehead atoms. The topological polar surface area (TPSA) is 38.2 Å². The fraction of sp³-hybridized carbons (Fsp3) is 0.667. The summed E-state index contributed by atoms with van der Waals surface area (Å²) in [6, 6.07) is 0.256. The predicted octanol–water partition coefficient (Wildman–Crippen LogP) is 2.39. The van der Waals surface area contributed by atoms with Gasteiger partial charge in [0.25, 0.3) is 0 Å². The summed E-state index contributed by atoms with van der Waals surface area (Å²) < 4.78 is 5.16. The Balaban J connectivity index is 2.92. The smallest absolute Gasteiger partial charge is 0.225 e. The number of halogens is 1. The first-order chi connectivity index (χ1) is 8.13. The molecule has 0 saturated carbocycles. The van der Waals surface area contributed by atoms with Crippen LogP contribution < -0.4 is 4.90 Å². The van der Waals surface area contributed by atoms with Crippen LogP contribution in [-0.2, 0) is 10.6 Å². The third-order valence-electron chi connectivity index (χ3n) is 2.75. The van der Waals surface area contributed by atoms with Gasteiger partial charge in [0.15, 0.2) is 0 Å². The Morgan fingerprint density at radius 2 is 2.24 bits per heavy atom. The highest BCUT2D eigenvalue weighted by Crippen LogP contribution is 2.15. The number of methoxy groups -OCH3 is 1. The van der Waals surface area contributed by atoms with Crippen LogP contribution in [-0.4, -0.2) is 36.3 Å². The molecule has 1 rings (SSSR count). The van der Waals surface area contributed by atoms with E-state index in [-0.39, 0.29) is 6.04 Å². The molecular formula is C12H20ClN3O. The number of alkyl halides is 1. The zero-order chi connectivity index (χ0) is 12.8. The van der Waals surface area contributed by atoms with Gasteiger partial charge in [-0.05, 0) is 20.8 Å². The number of anilines is 1. The van der Waals surface area contributed by atoms with Crippen molar-refractivity contribution in [2.75, 3.05) is 25.2 Å². The quantitative estimate of drug-likeness (QED) is 0.734. The van der Waals surface area contributed by atoms with Crippen molar-refractivity contribution in [2.45, 2.75) is 32.7 Å². The van der Waals surface area contributed by atoms with Crippen LogP contribution in [0.25, 0.3) is 0 Å². The van der Waals surface area contributed by atoms with Gasteiger partial charge in [0.05, 0.1) is 18.5 Å². The predicted molar refractivity (Wildman–Crippen MR) is 70.7 cm³/mol. The molecule has 0 N–H and O–H groups in total. The lowest BCUT2D eigenvalue weighted by molar-refractivity contribution is 0.181. The van der Waals surface area contributed by atoms with Gasteiger partial charge in [-0.3, -0.25) is 0 Å². The second kappa shape index (κ2) is 6.77. The van der Waals surface area contributed by atoms with Crippen molar-refractivity contribution in [2.24, 2.45) is 0 Å². The van der Waals surface area contributed by atoms with Crippen LogP contribution in [0.15, 0.2) is 6.20 Å².